The van der Waals surface area contributed by atoms with E-state index in [9.17, 15) is 4.79 Å². The Morgan fingerprint density at radius 3 is 2.05 bits per heavy atom. The zero-order chi connectivity index (χ0) is 13.0. The van der Waals surface area contributed by atoms with Gasteiger partial charge in [0.15, 0.2) is 0 Å². The van der Waals surface area contributed by atoms with Gasteiger partial charge in [0.05, 0.1) is 0 Å². The number of rotatable bonds is 1. The number of hydrogen-bond donors (Lipinski definition) is 0. The summed E-state index contributed by atoms with van der Waals surface area (Å²) < 4.78 is 0. The Kier molecular flexibility index (Phi) is 2.09. The minimum atomic E-state index is -0.403. The summed E-state index contributed by atoms with van der Waals surface area (Å²) in [6.45, 7) is 0. The molecule has 19 heavy (non-hydrogen) atoms. The van der Waals surface area contributed by atoms with Crippen molar-refractivity contribution >= 4 is 27.6 Å². The zero-order valence-corrected chi connectivity index (χ0v) is 10.7. The summed E-state index contributed by atoms with van der Waals surface area (Å²) in [5.41, 5.74) is 5.39. The third kappa shape index (κ3) is 1.33. The number of halogens is 1. The van der Waals surface area contributed by atoms with E-state index < -0.39 is 5.24 Å². The molecule has 4 rings (SSSR count). The van der Waals surface area contributed by atoms with Gasteiger partial charge >= 0.3 is 0 Å². The van der Waals surface area contributed by atoms with Gasteiger partial charge < -0.3 is 0 Å². The molecular formula is C17H9ClO. The molecule has 0 spiro atoms. The highest BCUT2D eigenvalue weighted by atomic mass is 35.5. The molecule has 3 aromatic carbocycles. The fourth-order valence-corrected chi connectivity index (χ4v) is 3.14. The maximum atomic E-state index is 11.5. The van der Waals surface area contributed by atoms with Gasteiger partial charge in [-0.05, 0) is 50.7 Å². The molecule has 0 N–H and O–H groups in total. The second-order valence-electron chi connectivity index (χ2n) is 4.71. The average molecular weight is 265 g/mol. The highest BCUT2D eigenvalue weighted by Crippen LogP contribution is 2.47. The molecule has 1 aliphatic carbocycles. The monoisotopic (exact) mass is 264 g/mol. The molecule has 0 radical (unpaired) electrons. The van der Waals surface area contributed by atoms with Gasteiger partial charge in [-0.1, -0.05) is 48.5 Å². The molecule has 0 atom stereocenters. The highest BCUT2D eigenvalue weighted by Gasteiger charge is 2.22. The van der Waals surface area contributed by atoms with Gasteiger partial charge in [0.25, 0.3) is 5.24 Å². The van der Waals surface area contributed by atoms with Crippen LogP contribution in [0.15, 0.2) is 54.6 Å². The fourth-order valence-electron chi connectivity index (χ4n) is 2.98. The van der Waals surface area contributed by atoms with Crippen LogP contribution < -0.4 is 0 Å². The van der Waals surface area contributed by atoms with Crippen LogP contribution in [-0.2, 0) is 0 Å². The molecule has 2 heteroatoms. The first-order chi connectivity index (χ1) is 9.27. The van der Waals surface area contributed by atoms with Crippen LogP contribution in [0, 0.1) is 0 Å². The van der Waals surface area contributed by atoms with Crippen LogP contribution in [0.5, 0.6) is 0 Å². The zero-order valence-electron chi connectivity index (χ0n) is 9.98. The van der Waals surface area contributed by atoms with Crippen molar-refractivity contribution < 1.29 is 4.79 Å². The molecule has 0 unspecified atom stereocenters. The van der Waals surface area contributed by atoms with E-state index in [-0.39, 0.29) is 0 Å². The Morgan fingerprint density at radius 2 is 1.37 bits per heavy atom. The summed E-state index contributed by atoms with van der Waals surface area (Å²) in [6.07, 6.45) is 0. The molecule has 1 nitrogen and oxygen atoms in total. The molecule has 3 aromatic rings. The van der Waals surface area contributed by atoms with E-state index in [4.69, 9.17) is 11.6 Å². The standard InChI is InChI=1S/C17H9ClO/c18-17(19)15-9-8-14-11-5-2-1-4-10(11)12-6-3-7-13(15)16(12)14/h1-9H. The van der Waals surface area contributed by atoms with Crippen molar-refractivity contribution in [3.63, 3.8) is 0 Å². The Morgan fingerprint density at radius 1 is 0.737 bits per heavy atom. The summed E-state index contributed by atoms with van der Waals surface area (Å²) in [6, 6.07) is 18.2. The van der Waals surface area contributed by atoms with Gasteiger partial charge in [-0.3, -0.25) is 4.79 Å². The molecule has 0 aliphatic heterocycles. The van der Waals surface area contributed by atoms with Gasteiger partial charge in [-0.25, -0.2) is 0 Å². The number of hydrogen-bond acceptors (Lipinski definition) is 1. The van der Waals surface area contributed by atoms with Crippen LogP contribution in [-0.4, -0.2) is 5.24 Å². The van der Waals surface area contributed by atoms with Crippen LogP contribution in [0.2, 0.25) is 0 Å². The quantitative estimate of drug-likeness (QED) is 0.449. The number of carbonyl (C=O) groups excluding carboxylic acids is 1. The van der Waals surface area contributed by atoms with Gasteiger partial charge in [-0.2, -0.15) is 0 Å². The molecule has 0 fully saturated rings. The Bertz CT molecular complexity index is 820. The van der Waals surface area contributed by atoms with Crippen LogP contribution in [0.3, 0.4) is 0 Å². The SMILES string of the molecule is O=C(Cl)c1ccc2c3c(cccc13)-c1ccccc1-2. The van der Waals surface area contributed by atoms with E-state index >= 15 is 0 Å². The third-order valence-electron chi connectivity index (χ3n) is 3.76. The maximum Gasteiger partial charge on any atom is 0.253 e. The molecule has 0 saturated heterocycles. The van der Waals surface area contributed by atoms with Crippen LogP contribution >= 0.6 is 11.6 Å². The predicted octanol–water partition coefficient (Wildman–Crippen LogP) is 4.87. The van der Waals surface area contributed by atoms with Crippen molar-refractivity contribution in [1.82, 2.24) is 0 Å². The van der Waals surface area contributed by atoms with E-state index in [1.54, 1.807) is 0 Å². The number of benzene rings is 3. The first-order valence-corrected chi connectivity index (χ1v) is 6.50. The van der Waals surface area contributed by atoms with Gasteiger partial charge in [0.2, 0.25) is 0 Å². The van der Waals surface area contributed by atoms with Gasteiger partial charge in [0.1, 0.15) is 0 Å². The lowest BCUT2D eigenvalue weighted by Crippen LogP contribution is -1.91. The molecule has 90 valence electrons. The molecule has 1 aliphatic rings. The summed E-state index contributed by atoms with van der Waals surface area (Å²) in [4.78, 5) is 11.5. The van der Waals surface area contributed by atoms with Crippen LogP contribution in [0.1, 0.15) is 10.4 Å². The molecule has 0 aromatic heterocycles. The van der Waals surface area contributed by atoms with E-state index in [1.165, 1.54) is 22.3 Å². The highest BCUT2D eigenvalue weighted by molar-refractivity contribution is 6.68. The maximum absolute atomic E-state index is 11.5. The van der Waals surface area contributed by atoms with Crippen molar-refractivity contribution in [2.24, 2.45) is 0 Å². The first-order valence-electron chi connectivity index (χ1n) is 6.13. The summed E-state index contributed by atoms with van der Waals surface area (Å²) in [7, 11) is 0. The van der Waals surface area contributed by atoms with Crippen molar-refractivity contribution in [1.29, 1.82) is 0 Å². The third-order valence-corrected chi connectivity index (χ3v) is 3.96. The molecule has 0 bridgehead atoms. The molecular weight excluding hydrogens is 256 g/mol. The lowest BCUT2D eigenvalue weighted by molar-refractivity contribution is 0.108. The smallest absolute Gasteiger partial charge is 0.253 e. The lowest BCUT2D eigenvalue weighted by atomic mass is 9.99. The lowest BCUT2D eigenvalue weighted by Gasteiger charge is -2.05. The van der Waals surface area contributed by atoms with Crippen molar-refractivity contribution in [2.75, 3.05) is 0 Å². The van der Waals surface area contributed by atoms with Crippen molar-refractivity contribution in [2.45, 2.75) is 0 Å². The van der Waals surface area contributed by atoms with E-state index in [0.29, 0.717) is 5.56 Å². The van der Waals surface area contributed by atoms with E-state index in [1.807, 2.05) is 36.4 Å². The van der Waals surface area contributed by atoms with Crippen LogP contribution in [0.4, 0.5) is 0 Å². The Labute approximate surface area is 115 Å². The number of carbonyl (C=O) groups is 1. The Balaban J connectivity index is 2.23. The van der Waals surface area contributed by atoms with Crippen molar-refractivity contribution in [3.05, 3.63) is 60.2 Å². The normalized spacial score (nSPS) is 11.6. The molecule has 0 heterocycles. The van der Waals surface area contributed by atoms with E-state index in [0.717, 1.165) is 10.8 Å². The second kappa shape index (κ2) is 3.69. The molecule has 0 saturated carbocycles. The predicted molar refractivity (Wildman–Crippen MR) is 78.6 cm³/mol. The first kappa shape index (κ1) is 10.8. The minimum Gasteiger partial charge on any atom is -0.276 e. The topological polar surface area (TPSA) is 17.1 Å². The van der Waals surface area contributed by atoms with Gasteiger partial charge in [-0.15, -0.1) is 0 Å². The average Bonchev–Trinajstić information content (AvgIpc) is 2.76. The van der Waals surface area contributed by atoms with Gasteiger partial charge in [0, 0.05) is 5.56 Å². The molecule has 0 amide bonds. The van der Waals surface area contributed by atoms with Crippen molar-refractivity contribution in [3.8, 4) is 22.3 Å². The van der Waals surface area contributed by atoms with Crippen LogP contribution in [0.25, 0.3) is 33.0 Å². The minimum absolute atomic E-state index is 0.403. The summed E-state index contributed by atoms with van der Waals surface area (Å²) in [5.74, 6) is 0. The number of fused-ring (bicyclic) bond motifs is 3. The Hall–Kier alpha value is -2.12. The fraction of sp³-hybridized carbons (Fsp3) is 0. The summed E-state index contributed by atoms with van der Waals surface area (Å²) >= 11 is 5.68. The summed E-state index contributed by atoms with van der Waals surface area (Å²) in [5, 5.41) is 1.67. The largest absolute Gasteiger partial charge is 0.276 e. The van der Waals surface area contributed by atoms with E-state index in [2.05, 4.69) is 18.2 Å². The second-order valence-corrected chi connectivity index (χ2v) is 5.05.